The Bertz CT molecular complexity index is 427. The maximum atomic E-state index is 13.4. The highest BCUT2D eigenvalue weighted by Crippen LogP contribution is 2.26. The first kappa shape index (κ1) is 16.4. The summed E-state index contributed by atoms with van der Waals surface area (Å²) in [6.45, 7) is 3.39. The smallest absolute Gasteiger partial charge is 0.127 e. The zero-order valence-electron chi connectivity index (χ0n) is 12.7. The van der Waals surface area contributed by atoms with Crippen LogP contribution in [0.4, 0.5) is 4.39 Å². The van der Waals surface area contributed by atoms with Gasteiger partial charge in [0.15, 0.2) is 0 Å². The van der Waals surface area contributed by atoms with Crippen LogP contribution in [-0.4, -0.2) is 30.5 Å². The van der Waals surface area contributed by atoms with Crippen LogP contribution in [0.1, 0.15) is 38.2 Å². The average molecular weight is 295 g/mol. The Morgan fingerprint density at radius 2 is 2.10 bits per heavy atom. The van der Waals surface area contributed by atoms with Gasteiger partial charge < -0.3 is 15.2 Å². The number of aliphatic hydroxyl groups excluding tert-OH is 1. The van der Waals surface area contributed by atoms with Crippen LogP contribution in [0.5, 0.6) is 0 Å². The van der Waals surface area contributed by atoms with Crippen LogP contribution in [0.3, 0.4) is 0 Å². The van der Waals surface area contributed by atoms with Crippen LogP contribution < -0.4 is 5.32 Å². The number of ether oxygens (including phenoxy) is 1. The van der Waals surface area contributed by atoms with Crippen LogP contribution in [0.2, 0.25) is 0 Å². The Hall–Kier alpha value is -0.970. The van der Waals surface area contributed by atoms with Gasteiger partial charge in [-0.2, -0.15) is 0 Å². The molecule has 0 aromatic heterocycles. The van der Waals surface area contributed by atoms with E-state index in [9.17, 15) is 9.50 Å². The molecule has 118 valence electrons. The van der Waals surface area contributed by atoms with E-state index in [1.807, 2.05) is 6.07 Å². The molecule has 1 aliphatic carbocycles. The van der Waals surface area contributed by atoms with Gasteiger partial charge in [-0.1, -0.05) is 38.0 Å². The lowest BCUT2D eigenvalue weighted by Gasteiger charge is -2.29. The zero-order valence-corrected chi connectivity index (χ0v) is 12.7. The summed E-state index contributed by atoms with van der Waals surface area (Å²) >= 11 is 0. The Morgan fingerprint density at radius 3 is 2.86 bits per heavy atom. The zero-order chi connectivity index (χ0) is 15.1. The number of hydrogen-bond acceptors (Lipinski definition) is 3. The van der Waals surface area contributed by atoms with Crippen molar-refractivity contribution in [2.75, 3.05) is 13.2 Å². The second-order valence-corrected chi connectivity index (χ2v) is 6.01. The highest BCUT2D eigenvalue weighted by molar-refractivity contribution is 5.16. The van der Waals surface area contributed by atoms with E-state index in [-0.39, 0.29) is 11.9 Å². The van der Waals surface area contributed by atoms with Gasteiger partial charge in [0, 0.05) is 18.7 Å². The lowest BCUT2D eigenvalue weighted by molar-refractivity contribution is -0.0452. The van der Waals surface area contributed by atoms with Crippen molar-refractivity contribution in [2.45, 2.75) is 51.4 Å². The predicted molar refractivity (Wildman–Crippen MR) is 81.5 cm³/mol. The topological polar surface area (TPSA) is 41.5 Å². The molecule has 2 rings (SSSR count). The van der Waals surface area contributed by atoms with Crippen LogP contribution in [0, 0.1) is 11.7 Å². The molecule has 2 N–H and O–H groups in total. The summed E-state index contributed by atoms with van der Waals surface area (Å²) in [6.07, 6.45) is 4.54. The maximum Gasteiger partial charge on any atom is 0.127 e. The van der Waals surface area contributed by atoms with Gasteiger partial charge in [-0.15, -0.1) is 0 Å². The van der Waals surface area contributed by atoms with Crippen LogP contribution in [0.15, 0.2) is 24.3 Å². The lowest BCUT2D eigenvalue weighted by Crippen LogP contribution is -2.34. The summed E-state index contributed by atoms with van der Waals surface area (Å²) in [5.41, 5.74) is 0.617. The molecule has 3 unspecified atom stereocenters. The minimum Gasteiger partial charge on any atom is -0.389 e. The van der Waals surface area contributed by atoms with Crippen LogP contribution in [0.25, 0.3) is 0 Å². The molecule has 1 aliphatic rings. The molecule has 0 spiro atoms. The summed E-state index contributed by atoms with van der Waals surface area (Å²) in [6, 6.07) is 6.67. The van der Waals surface area contributed by atoms with Crippen LogP contribution >= 0.6 is 0 Å². The molecule has 1 aromatic rings. The maximum absolute atomic E-state index is 13.4. The molecule has 3 nitrogen and oxygen atoms in total. The number of nitrogens with one attached hydrogen (secondary N) is 1. The summed E-state index contributed by atoms with van der Waals surface area (Å²) in [4.78, 5) is 0. The second kappa shape index (κ2) is 8.47. The van der Waals surface area contributed by atoms with Gasteiger partial charge in [0.05, 0.1) is 18.8 Å². The van der Waals surface area contributed by atoms with Gasteiger partial charge in [0.25, 0.3) is 0 Å². The van der Waals surface area contributed by atoms with Crippen LogP contribution in [-0.2, 0) is 11.3 Å². The van der Waals surface area contributed by atoms with Gasteiger partial charge >= 0.3 is 0 Å². The quantitative estimate of drug-likeness (QED) is 0.813. The standard InChI is InChI=1S/C17H26FNO2/c1-13-6-2-5-9-17(13)21-12-15(20)11-19-10-14-7-3-4-8-16(14)18/h3-4,7-8,13,15,17,19-20H,2,5-6,9-12H2,1H3. The molecule has 1 fully saturated rings. The van der Waals surface area contributed by atoms with Gasteiger partial charge in [0.2, 0.25) is 0 Å². The first-order chi connectivity index (χ1) is 10.2. The van der Waals surface area contributed by atoms with Crippen molar-refractivity contribution in [1.82, 2.24) is 5.32 Å². The number of aliphatic hydroxyl groups is 1. The molecule has 1 aromatic carbocycles. The minimum atomic E-state index is -0.550. The average Bonchev–Trinajstić information content (AvgIpc) is 2.48. The van der Waals surface area contributed by atoms with E-state index < -0.39 is 6.10 Å². The molecular formula is C17H26FNO2. The molecule has 4 heteroatoms. The van der Waals surface area contributed by atoms with Gasteiger partial charge in [-0.3, -0.25) is 0 Å². The van der Waals surface area contributed by atoms with E-state index in [1.165, 1.54) is 25.3 Å². The first-order valence-electron chi connectivity index (χ1n) is 7.90. The Kier molecular flexibility index (Phi) is 6.61. The molecule has 0 radical (unpaired) electrons. The van der Waals surface area contributed by atoms with Crippen molar-refractivity contribution in [3.63, 3.8) is 0 Å². The third-order valence-electron chi connectivity index (χ3n) is 4.19. The summed E-state index contributed by atoms with van der Waals surface area (Å²) in [5, 5.41) is 13.0. The molecule has 21 heavy (non-hydrogen) atoms. The third kappa shape index (κ3) is 5.38. The van der Waals surface area contributed by atoms with E-state index in [2.05, 4.69) is 12.2 Å². The van der Waals surface area contributed by atoms with E-state index in [1.54, 1.807) is 12.1 Å². The van der Waals surface area contributed by atoms with E-state index in [0.717, 1.165) is 6.42 Å². The van der Waals surface area contributed by atoms with Crippen molar-refractivity contribution >= 4 is 0 Å². The van der Waals surface area contributed by atoms with Gasteiger partial charge in [0.1, 0.15) is 5.82 Å². The fraction of sp³-hybridized carbons (Fsp3) is 0.647. The molecule has 0 heterocycles. The van der Waals surface area contributed by atoms with Crippen molar-refractivity contribution < 1.29 is 14.2 Å². The molecular weight excluding hydrogens is 269 g/mol. The number of rotatable bonds is 7. The van der Waals surface area contributed by atoms with Gasteiger partial charge in [-0.25, -0.2) is 4.39 Å². The highest BCUT2D eigenvalue weighted by Gasteiger charge is 2.22. The Labute approximate surface area is 126 Å². The summed E-state index contributed by atoms with van der Waals surface area (Å²) in [7, 11) is 0. The Balaban J connectivity index is 1.63. The Morgan fingerprint density at radius 1 is 1.33 bits per heavy atom. The fourth-order valence-electron chi connectivity index (χ4n) is 2.84. The molecule has 1 saturated carbocycles. The minimum absolute atomic E-state index is 0.216. The third-order valence-corrected chi connectivity index (χ3v) is 4.19. The normalized spacial score (nSPS) is 24.0. The molecule has 3 atom stereocenters. The molecule has 0 amide bonds. The second-order valence-electron chi connectivity index (χ2n) is 6.01. The monoisotopic (exact) mass is 295 g/mol. The summed E-state index contributed by atoms with van der Waals surface area (Å²) < 4.78 is 19.2. The SMILES string of the molecule is CC1CCCCC1OCC(O)CNCc1ccccc1F. The molecule has 0 bridgehead atoms. The van der Waals surface area contributed by atoms with E-state index >= 15 is 0 Å². The van der Waals surface area contributed by atoms with E-state index in [0.29, 0.717) is 31.2 Å². The number of hydrogen-bond donors (Lipinski definition) is 2. The molecule has 0 aliphatic heterocycles. The lowest BCUT2D eigenvalue weighted by atomic mass is 9.88. The number of halogens is 1. The number of benzene rings is 1. The van der Waals surface area contributed by atoms with E-state index in [4.69, 9.17) is 4.74 Å². The van der Waals surface area contributed by atoms with Crippen molar-refractivity contribution in [3.8, 4) is 0 Å². The first-order valence-corrected chi connectivity index (χ1v) is 7.90. The van der Waals surface area contributed by atoms with Crippen molar-refractivity contribution in [3.05, 3.63) is 35.6 Å². The largest absolute Gasteiger partial charge is 0.389 e. The van der Waals surface area contributed by atoms with Gasteiger partial charge in [-0.05, 0) is 24.8 Å². The predicted octanol–water partition coefficient (Wildman–Crippen LogP) is 2.87. The fourth-order valence-corrected chi connectivity index (χ4v) is 2.84. The highest BCUT2D eigenvalue weighted by atomic mass is 19.1. The summed E-state index contributed by atoms with van der Waals surface area (Å²) in [5.74, 6) is 0.365. The van der Waals surface area contributed by atoms with Crippen molar-refractivity contribution in [1.29, 1.82) is 0 Å². The van der Waals surface area contributed by atoms with Crippen molar-refractivity contribution in [2.24, 2.45) is 5.92 Å². The molecule has 0 saturated heterocycles.